The van der Waals surface area contributed by atoms with Crippen molar-refractivity contribution in [2.75, 3.05) is 11.6 Å². The Kier molecular flexibility index (Phi) is 6.03. The fourth-order valence-electron chi connectivity index (χ4n) is 2.27. The van der Waals surface area contributed by atoms with E-state index in [2.05, 4.69) is 5.32 Å². The topological polar surface area (TPSA) is 75.7 Å². The SMILES string of the molecule is CC(C)N(Cc1cccc(OS(C)(=O)=O)c1)C(=O)Nc1ccccc1. The van der Waals surface area contributed by atoms with E-state index in [1.54, 1.807) is 23.1 Å². The number of urea groups is 1. The minimum atomic E-state index is -3.59. The summed E-state index contributed by atoms with van der Waals surface area (Å²) < 4.78 is 27.4. The molecule has 2 aromatic carbocycles. The molecule has 6 nitrogen and oxygen atoms in total. The van der Waals surface area contributed by atoms with Gasteiger partial charge in [0.2, 0.25) is 0 Å². The highest BCUT2D eigenvalue weighted by molar-refractivity contribution is 7.86. The number of nitrogens with zero attached hydrogens (tertiary/aromatic N) is 1. The lowest BCUT2D eigenvalue weighted by atomic mass is 10.2. The second kappa shape index (κ2) is 8.02. The van der Waals surface area contributed by atoms with Crippen molar-refractivity contribution in [3.8, 4) is 5.75 Å². The molecule has 0 saturated carbocycles. The Morgan fingerprint density at radius 3 is 2.40 bits per heavy atom. The third-order valence-electron chi connectivity index (χ3n) is 3.41. The summed E-state index contributed by atoms with van der Waals surface area (Å²) in [6.45, 7) is 4.17. The lowest BCUT2D eigenvalue weighted by molar-refractivity contribution is 0.193. The predicted molar refractivity (Wildman–Crippen MR) is 98.1 cm³/mol. The van der Waals surface area contributed by atoms with E-state index < -0.39 is 10.1 Å². The largest absolute Gasteiger partial charge is 0.383 e. The number of benzene rings is 2. The van der Waals surface area contributed by atoms with Crippen LogP contribution in [-0.4, -0.2) is 31.6 Å². The summed E-state index contributed by atoms with van der Waals surface area (Å²) >= 11 is 0. The highest BCUT2D eigenvalue weighted by Gasteiger charge is 2.18. The minimum Gasteiger partial charge on any atom is -0.383 e. The summed E-state index contributed by atoms with van der Waals surface area (Å²) in [6.07, 6.45) is 0.993. The van der Waals surface area contributed by atoms with Crippen LogP contribution in [-0.2, 0) is 16.7 Å². The minimum absolute atomic E-state index is 0.0387. The highest BCUT2D eigenvalue weighted by atomic mass is 32.2. The van der Waals surface area contributed by atoms with Gasteiger partial charge >= 0.3 is 16.1 Å². The molecule has 0 unspecified atom stereocenters. The van der Waals surface area contributed by atoms with Crippen molar-refractivity contribution in [1.82, 2.24) is 4.90 Å². The van der Waals surface area contributed by atoms with Crippen molar-refractivity contribution in [1.29, 1.82) is 0 Å². The number of carbonyl (C=O) groups excluding carboxylic acids is 1. The van der Waals surface area contributed by atoms with Gasteiger partial charge in [-0.05, 0) is 43.7 Å². The normalized spacial score (nSPS) is 11.2. The fraction of sp³-hybridized carbons (Fsp3) is 0.278. The van der Waals surface area contributed by atoms with E-state index in [4.69, 9.17) is 4.18 Å². The molecule has 0 heterocycles. The van der Waals surface area contributed by atoms with E-state index >= 15 is 0 Å². The van der Waals surface area contributed by atoms with Crippen LogP contribution in [0.15, 0.2) is 54.6 Å². The van der Waals surface area contributed by atoms with Crippen LogP contribution >= 0.6 is 0 Å². The molecule has 2 rings (SSSR count). The zero-order valence-corrected chi connectivity index (χ0v) is 15.3. The van der Waals surface area contributed by atoms with E-state index in [9.17, 15) is 13.2 Å². The predicted octanol–water partition coefficient (Wildman–Crippen LogP) is 3.47. The van der Waals surface area contributed by atoms with Gasteiger partial charge in [-0.25, -0.2) is 4.79 Å². The number of amides is 2. The van der Waals surface area contributed by atoms with Gasteiger partial charge in [0.05, 0.1) is 6.26 Å². The quantitative estimate of drug-likeness (QED) is 0.799. The van der Waals surface area contributed by atoms with E-state index in [0.717, 1.165) is 11.8 Å². The second-order valence-electron chi connectivity index (χ2n) is 5.95. The van der Waals surface area contributed by atoms with Crippen LogP contribution in [0.25, 0.3) is 0 Å². The highest BCUT2D eigenvalue weighted by Crippen LogP contribution is 2.18. The molecule has 0 bridgehead atoms. The van der Waals surface area contributed by atoms with Crippen molar-refractivity contribution >= 4 is 21.8 Å². The Bertz CT molecular complexity index is 820. The van der Waals surface area contributed by atoms with Crippen LogP contribution in [0.2, 0.25) is 0 Å². The van der Waals surface area contributed by atoms with Crippen LogP contribution in [0, 0.1) is 0 Å². The summed E-state index contributed by atoms with van der Waals surface area (Å²) in [4.78, 5) is 14.2. The van der Waals surface area contributed by atoms with E-state index in [0.29, 0.717) is 12.2 Å². The molecular weight excluding hydrogens is 340 g/mol. The third kappa shape index (κ3) is 6.11. The molecule has 0 saturated heterocycles. The van der Waals surface area contributed by atoms with Crippen molar-refractivity contribution in [2.45, 2.75) is 26.4 Å². The van der Waals surface area contributed by atoms with Crippen molar-refractivity contribution in [3.05, 3.63) is 60.2 Å². The first-order valence-electron chi connectivity index (χ1n) is 7.85. The summed E-state index contributed by atoms with van der Waals surface area (Å²) in [7, 11) is -3.59. The third-order valence-corrected chi connectivity index (χ3v) is 3.90. The Labute approximate surface area is 148 Å². The van der Waals surface area contributed by atoms with Gasteiger partial charge in [-0.1, -0.05) is 30.3 Å². The van der Waals surface area contributed by atoms with Gasteiger partial charge in [-0.15, -0.1) is 0 Å². The first kappa shape index (κ1) is 18.8. The van der Waals surface area contributed by atoms with Gasteiger partial charge in [-0.2, -0.15) is 8.42 Å². The first-order chi connectivity index (χ1) is 11.7. The van der Waals surface area contributed by atoms with Crippen LogP contribution in [0.3, 0.4) is 0 Å². The van der Waals surface area contributed by atoms with Crippen molar-refractivity contribution in [2.24, 2.45) is 0 Å². The Balaban J connectivity index is 2.13. The number of anilines is 1. The number of para-hydroxylation sites is 1. The summed E-state index contributed by atoms with van der Waals surface area (Å²) in [6, 6.07) is 15.6. The number of hydrogen-bond donors (Lipinski definition) is 1. The Morgan fingerprint density at radius 1 is 1.12 bits per heavy atom. The molecule has 0 radical (unpaired) electrons. The molecule has 1 N–H and O–H groups in total. The molecule has 0 aliphatic heterocycles. The molecule has 0 aliphatic rings. The summed E-state index contributed by atoms with van der Waals surface area (Å²) in [5, 5.41) is 2.86. The van der Waals surface area contributed by atoms with Crippen LogP contribution in [0.5, 0.6) is 5.75 Å². The van der Waals surface area contributed by atoms with Crippen molar-refractivity contribution < 1.29 is 17.4 Å². The standard InChI is InChI=1S/C18H22N2O4S/c1-14(2)20(18(21)19-16-9-5-4-6-10-16)13-15-8-7-11-17(12-15)24-25(3,22)23/h4-12,14H,13H2,1-3H3,(H,19,21). The zero-order valence-electron chi connectivity index (χ0n) is 14.5. The van der Waals surface area contributed by atoms with Gasteiger partial charge in [0, 0.05) is 18.3 Å². The molecule has 25 heavy (non-hydrogen) atoms. The van der Waals surface area contributed by atoms with Crippen LogP contribution < -0.4 is 9.50 Å². The van der Waals surface area contributed by atoms with Gasteiger partial charge in [0.15, 0.2) is 0 Å². The maximum absolute atomic E-state index is 12.6. The van der Waals surface area contributed by atoms with Gasteiger partial charge in [0.1, 0.15) is 5.75 Å². The molecule has 2 aromatic rings. The molecule has 2 amide bonds. The van der Waals surface area contributed by atoms with Crippen molar-refractivity contribution in [3.63, 3.8) is 0 Å². The summed E-state index contributed by atoms with van der Waals surface area (Å²) in [5.74, 6) is 0.229. The zero-order chi connectivity index (χ0) is 18.4. The number of rotatable bonds is 6. The fourth-order valence-corrected chi connectivity index (χ4v) is 2.73. The van der Waals surface area contributed by atoms with E-state index in [1.165, 1.54) is 0 Å². The molecular formula is C18H22N2O4S. The van der Waals surface area contributed by atoms with Gasteiger partial charge < -0.3 is 14.4 Å². The Hall–Kier alpha value is -2.54. The average molecular weight is 362 g/mol. The second-order valence-corrected chi connectivity index (χ2v) is 7.53. The monoisotopic (exact) mass is 362 g/mol. The lowest BCUT2D eigenvalue weighted by Gasteiger charge is -2.27. The Morgan fingerprint density at radius 2 is 1.80 bits per heavy atom. The molecule has 0 atom stereocenters. The molecule has 7 heteroatoms. The van der Waals surface area contributed by atoms with E-state index in [1.807, 2.05) is 50.2 Å². The maximum atomic E-state index is 12.6. The molecule has 0 aromatic heterocycles. The van der Waals surface area contributed by atoms with E-state index in [-0.39, 0.29) is 17.8 Å². The van der Waals surface area contributed by atoms with Crippen LogP contribution in [0.4, 0.5) is 10.5 Å². The van der Waals surface area contributed by atoms with Crippen LogP contribution in [0.1, 0.15) is 19.4 Å². The molecule has 134 valence electrons. The first-order valence-corrected chi connectivity index (χ1v) is 9.67. The average Bonchev–Trinajstić information content (AvgIpc) is 2.52. The molecule has 0 spiro atoms. The molecule has 0 aliphatic carbocycles. The number of hydrogen-bond acceptors (Lipinski definition) is 4. The van der Waals surface area contributed by atoms with Gasteiger partial charge in [-0.3, -0.25) is 0 Å². The lowest BCUT2D eigenvalue weighted by Crippen LogP contribution is -2.39. The number of nitrogens with one attached hydrogen (secondary N) is 1. The van der Waals surface area contributed by atoms with Gasteiger partial charge in [0.25, 0.3) is 0 Å². The smallest absolute Gasteiger partial charge is 0.322 e. The molecule has 0 fully saturated rings. The number of carbonyl (C=O) groups is 1. The maximum Gasteiger partial charge on any atom is 0.322 e. The summed E-state index contributed by atoms with van der Waals surface area (Å²) in [5.41, 5.74) is 1.49.